The minimum atomic E-state index is 0.0962. The molecule has 1 aliphatic heterocycles. The summed E-state index contributed by atoms with van der Waals surface area (Å²) in [4.78, 5) is 0. The van der Waals surface area contributed by atoms with Crippen LogP contribution in [0.3, 0.4) is 0 Å². The van der Waals surface area contributed by atoms with Gasteiger partial charge >= 0.3 is 0 Å². The minimum absolute atomic E-state index is 0.0962. The molecule has 0 saturated carbocycles. The highest BCUT2D eigenvalue weighted by Crippen LogP contribution is 2.52. The molecule has 0 unspecified atom stereocenters. The number of hydrogen-bond acceptors (Lipinski definition) is 1. The molecule has 188 valence electrons. The number of rotatable bonds is 1. The van der Waals surface area contributed by atoms with Crippen molar-refractivity contribution in [2.75, 3.05) is 0 Å². The Labute approximate surface area is 220 Å². The molecule has 0 atom stereocenters. The maximum absolute atomic E-state index is 6.83. The Morgan fingerprint density at radius 1 is 0.757 bits per heavy atom. The van der Waals surface area contributed by atoms with Crippen LogP contribution < -0.4 is 9.30 Å². The number of hydrogen-bond donors (Lipinski definition) is 0. The molecule has 2 heteroatoms. The van der Waals surface area contributed by atoms with Gasteiger partial charge in [-0.15, -0.1) is 0 Å². The van der Waals surface area contributed by atoms with Gasteiger partial charge in [-0.25, -0.2) is 4.57 Å². The van der Waals surface area contributed by atoms with Crippen LogP contribution in [0.25, 0.3) is 43.6 Å². The molecule has 0 amide bonds. The van der Waals surface area contributed by atoms with Gasteiger partial charge in [0.05, 0.1) is 10.9 Å². The normalized spacial score (nSPS) is 13.3. The van der Waals surface area contributed by atoms with Gasteiger partial charge in [0.1, 0.15) is 18.5 Å². The molecular weight excluding hydrogens is 450 g/mol. The second-order valence-electron chi connectivity index (χ2n) is 13.3. The van der Waals surface area contributed by atoms with E-state index in [1.807, 2.05) is 0 Å². The molecule has 0 spiro atoms. The lowest BCUT2D eigenvalue weighted by atomic mass is 9.83. The van der Waals surface area contributed by atoms with Gasteiger partial charge in [-0.05, 0) is 81.5 Å². The zero-order valence-electron chi connectivity index (χ0n) is 23.8. The first-order valence-corrected chi connectivity index (χ1v) is 13.5. The van der Waals surface area contributed by atoms with Crippen LogP contribution in [0.15, 0.2) is 54.7 Å². The summed E-state index contributed by atoms with van der Waals surface area (Å²) in [5.41, 5.74) is 8.07. The summed E-state index contributed by atoms with van der Waals surface area (Å²) >= 11 is 0. The molecule has 2 nitrogen and oxygen atoms in total. The Balaban J connectivity index is 1.70. The molecule has 6 rings (SSSR count). The van der Waals surface area contributed by atoms with Crippen LogP contribution in [-0.2, 0) is 18.9 Å². The monoisotopic (exact) mass is 488 g/mol. The first-order chi connectivity index (χ1) is 17.3. The van der Waals surface area contributed by atoms with Gasteiger partial charge in [0.15, 0.2) is 6.20 Å². The first kappa shape index (κ1) is 24.0. The molecule has 0 radical (unpaired) electrons. The third-order valence-electron chi connectivity index (χ3n) is 8.08. The fraction of sp³-hybridized carbons (Fsp3) is 0.343. The largest absolute Gasteiger partial charge is 0.455 e. The highest BCUT2D eigenvalue weighted by molar-refractivity contribution is 6.16. The van der Waals surface area contributed by atoms with Crippen LogP contribution in [0.1, 0.15) is 63.8 Å². The second-order valence-corrected chi connectivity index (χ2v) is 13.3. The Morgan fingerprint density at radius 3 is 2.22 bits per heavy atom. The van der Waals surface area contributed by atoms with E-state index in [0.717, 1.165) is 17.9 Å². The van der Waals surface area contributed by atoms with E-state index < -0.39 is 0 Å². The van der Waals surface area contributed by atoms with Gasteiger partial charge in [0.2, 0.25) is 5.69 Å². The van der Waals surface area contributed by atoms with Gasteiger partial charge in [0, 0.05) is 17.0 Å². The van der Waals surface area contributed by atoms with E-state index in [0.29, 0.717) is 0 Å². The summed E-state index contributed by atoms with van der Waals surface area (Å²) in [5, 5.41) is 7.60. The lowest BCUT2D eigenvalue weighted by Gasteiger charge is -2.26. The van der Waals surface area contributed by atoms with Crippen LogP contribution in [0.2, 0.25) is 0 Å². The van der Waals surface area contributed by atoms with Crippen molar-refractivity contribution in [1.29, 1.82) is 0 Å². The Hall–Kier alpha value is -3.39. The number of benzene rings is 4. The van der Waals surface area contributed by atoms with Gasteiger partial charge in [-0.2, -0.15) is 0 Å². The van der Waals surface area contributed by atoms with Gasteiger partial charge < -0.3 is 4.74 Å². The zero-order chi connectivity index (χ0) is 26.4. The topological polar surface area (TPSA) is 13.1 Å². The SMILES string of the molecule is Cc1c2c(c(C)c3cc(CC(C)(C)C)ccc13)-c1c3c(cc4ccc(C(C)(C)C)cc4c3cc[n+]1C)O2. The maximum atomic E-state index is 6.83. The molecule has 4 aromatic carbocycles. The average Bonchev–Trinajstić information content (AvgIpc) is 2.81. The average molecular weight is 489 g/mol. The summed E-state index contributed by atoms with van der Waals surface area (Å²) in [7, 11) is 2.17. The standard InChI is InChI=1S/C35H38NO/c1-20-27-16-22(19-34(3,4)5)10-13-25(27)21(2)33-30(20)32-31-26(14-15-36(32)9)28-18-24(35(6,7)8)12-11-23(28)17-29(31)37-33/h10-18H,19H2,1-9H3/q+1. The number of aryl methyl sites for hydroxylation is 3. The molecule has 0 N–H and O–H groups in total. The van der Waals surface area contributed by atoms with Crippen molar-refractivity contribution in [2.24, 2.45) is 12.5 Å². The summed E-state index contributed by atoms with van der Waals surface area (Å²) < 4.78 is 9.11. The molecule has 0 bridgehead atoms. The van der Waals surface area contributed by atoms with Crippen LogP contribution >= 0.6 is 0 Å². The first-order valence-electron chi connectivity index (χ1n) is 13.5. The van der Waals surface area contributed by atoms with E-state index in [1.54, 1.807) is 0 Å². The van der Waals surface area contributed by atoms with Crippen molar-refractivity contribution >= 4 is 32.3 Å². The third-order valence-corrected chi connectivity index (χ3v) is 8.08. The second kappa shape index (κ2) is 7.81. The van der Waals surface area contributed by atoms with Crippen molar-refractivity contribution in [3.05, 3.63) is 77.0 Å². The third kappa shape index (κ3) is 3.72. The molecule has 1 aliphatic rings. The maximum Gasteiger partial charge on any atom is 0.228 e. The van der Waals surface area contributed by atoms with E-state index in [2.05, 4.69) is 122 Å². The summed E-state index contributed by atoms with van der Waals surface area (Å²) in [6.45, 7) is 18.3. The van der Waals surface area contributed by atoms with E-state index in [1.165, 1.54) is 65.8 Å². The number of pyridine rings is 1. The fourth-order valence-corrected chi connectivity index (χ4v) is 6.19. The smallest absolute Gasteiger partial charge is 0.228 e. The number of aromatic nitrogens is 1. The van der Waals surface area contributed by atoms with Crippen molar-refractivity contribution in [3.63, 3.8) is 0 Å². The number of fused-ring (bicyclic) bond motifs is 5. The molecule has 0 saturated heterocycles. The lowest BCUT2D eigenvalue weighted by molar-refractivity contribution is -0.659. The Kier molecular flexibility index (Phi) is 5.06. The molecular formula is C35H38NO+. The van der Waals surface area contributed by atoms with Crippen molar-refractivity contribution in [1.82, 2.24) is 0 Å². The van der Waals surface area contributed by atoms with Crippen LogP contribution in [0.4, 0.5) is 0 Å². The van der Waals surface area contributed by atoms with Gasteiger partial charge in [-0.3, -0.25) is 0 Å². The summed E-state index contributed by atoms with van der Waals surface area (Å²) in [5.74, 6) is 1.95. The molecule has 1 aromatic heterocycles. The van der Waals surface area contributed by atoms with E-state index in [-0.39, 0.29) is 10.8 Å². The van der Waals surface area contributed by atoms with Crippen molar-refractivity contribution in [2.45, 2.75) is 67.2 Å². The zero-order valence-corrected chi connectivity index (χ0v) is 23.8. The van der Waals surface area contributed by atoms with E-state index in [4.69, 9.17) is 4.74 Å². The molecule has 0 fully saturated rings. The van der Waals surface area contributed by atoms with Crippen LogP contribution in [0, 0.1) is 19.3 Å². The summed E-state index contributed by atoms with van der Waals surface area (Å²) in [6, 6.07) is 18.4. The number of nitrogens with zero attached hydrogens (tertiary/aromatic N) is 1. The number of ether oxygens (including phenoxy) is 1. The predicted octanol–water partition coefficient (Wildman–Crippen LogP) is 9.25. The molecule has 2 heterocycles. The molecule has 37 heavy (non-hydrogen) atoms. The Morgan fingerprint density at radius 2 is 1.51 bits per heavy atom. The molecule has 5 aromatic rings. The van der Waals surface area contributed by atoms with Gasteiger partial charge in [0.25, 0.3) is 0 Å². The lowest BCUT2D eigenvalue weighted by Crippen LogP contribution is -2.32. The predicted molar refractivity (Wildman–Crippen MR) is 157 cm³/mol. The highest BCUT2D eigenvalue weighted by Gasteiger charge is 2.33. The quantitative estimate of drug-likeness (QED) is 0.166. The van der Waals surface area contributed by atoms with Crippen molar-refractivity contribution in [3.8, 4) is 22.8 Å². The minimum Gasteiger partial charge on any atom is -0.455 e. The van der Waals surface area contributed by atoms with Crippen LogP contribution in [-0.4, -0.2) is 0 Å². The van der Waals surface area contributed by atoms with Gasteiger partial charge in [-0.1, -0.05) is 71.9 Å². The summed E-state index contributed by atoms with van der Waals surface area (Å²) in [6.07, 6.45) is 3.28. The Bertz CT molecular complexity index is 1760. The van der Waals surface area contributed by atoms with Crippen molar-refractivity contribution < 1.29 is 9.30 Å². The highest BCUT2D eigenvalue weighted by atomic mass is 16.5. The van der Waals surface area contributed by atoms with E-state index in [9.17, 15) is 0 Å². The van der Waals surface area contributed by atoms with E-state index >= 15 is 0 Å². The van der Waals surface area contributed by atoms with Crippen LogP contribution in [0.5, 0.6) is 11.5 Å². The molecule has 0 aliphatic carbocycles. The fourth-order valence-electron chi connectivity index (χ4n) is 6.19.